The molecule has 2 aromatic carbocycles. The van der Waals surface area contributed by atoms with E-state index in [2.05, 4.69) is 5.32 Å². The van der Waals surface area contributed by atoms with E-state index in [0.717, 1.165) is 12.0 Å². The standard InChI is InChI=1S/C25H28N2O3/c1-19-17-23(20(2)30-19)25(29)27(18-22-11-7-4-8-12-22)16-14-24(28)26-15-13-21-9-5-3-6-10-21/h3-12,17H,13-16,18H2,1-2H3,(H,26,28). The van der Waals surface area contributed by atoms with Crippen molar-refractivity contribution in [2.24, 2.45) is 0 Å². The van der Waals surface area contributed by atoms with Gasteiger partial charge in [-0.05, 0) is 37.5 Å². The van der Waals surface area contributed by atoms with E-state index in [9.17, 15) is 9.59 Å². The first-order valence-electron chi connectivity index (χ1n) is 10.2. The third-order valence-corrected chi connectivity index (χ3v) is 4.96. The van der Waals surface area contributed by atoms with Crippen molar-refractivity contribution in [3.63, 3.8) is 0 Å². The number of carbonyl (C=O) groups excluding carboxylic acids is 2. The van der Waals surface area contributed by atoms with E-state index in [0.29, 0.717) is 36.7 Å². The van der Waals surface area contributed by atoms with Crippen molar-refractivity contribution in [3.05, 3.63) is 94.9 Å². The number of aryl methyl sites for hydroxylation is 2. The molecule has 5 nitrogen and oxygen atoms in total. The zero-order valence-corrected chi connectivity index (χ0v) is 17.6. The molecule has 0 radical (unpaired) electrons. The van der Waals surface area contributed by atoms with Gasteiger partial charge in [0.1, 0.15) is 11.5 Å². The van der Waals surface area contributed by atoms with Crippen molar-refractivity contribution in [3.8, 4) is 0 Å². The van der Waals surface area contributed by atoms with Crippen LogP contribution in [0.4, 0.5) is 0 Å². The number of hydrogen-bond acceptors (Lipinski definition) is 3. The second kappa shape index (κ2) is 10.4. The van der Waals surface area contributed by atoms with Crippen molar-refractivity contribution in [1.82, 2.24) is 10.2 Å². The number of furan rings is 1. The average molecular weight is 405 g/mol. The number of benzene rings is 2. The zero-order valence-electron chi connectivity index (χ0n) is 17.6. The maximum Gasteiger partial charge on any atom is 0.257 e. The lowest BCUT2D eigenvalue weighted by Gasteiger charge is -2.22. The fourth-order valence-corrected chi connectivity index (χ4v) is 3.39. The topological polar surface area (TPSA) is 62.6 Å². The molecule has 0 fully saturated rings. The molecule has 0 aliphatic heterocycles. The van der Waals surface area contributed by atoms with Crippen LogP contribution in [0.3, 0.4) is 0 Å². The molecule has 1 aromatic heterocycles. The van der Waals surface area contributed by atoms with E-state index in [1.807, 2.05) is 67.6 Å². The Bertz CT molecular complexity index is 965. The number of hydrogen-bond donors (Lipinski definition) is 1. The van der Waals surface area contributed by atoms with Gasteiger partial charge in [-0.1, -0.05) is 60.7 Å². The molecular formula is C25H28N2O3. The maximum atomic E-state index is 13.1. The fraction of sp³-hybridized carbons (Fsp3) is 0.280. The molecule has 1 heterocycles. The summed E-state index contributed by atoms with van der Waals surface area (Å²) in [6, 6.07) is 21.6. The first kappa shape index (κ1) is 21.4. The molecule has 0 atom stereocenters. The zero-order chi connectivity index (χ0) is 21.3. The molecule has 0 aliphatic carbocycles. The van der Waals surface area contributed by atoms with Gasteiger partial charge < -0.3 is 14.6 Å². The Labute approximate surface area is 177 Å². The van der Waals surface area contributed by atoms with Crippen LogP contribution >= 0.6 is 0 Å². The van der Waals surface area contributed by atoms with Gasteiger partial charge in [-0.2, -0.15) is 0 Å². The number of nitrogens with zero attached hydrogens (tertiary/aromatic N) is 1. The SMILES string of the molecule is Cc1cc(C(=O)N(CCC(=O)NCCc2ccccc2)Cc2ccccc2)c(C)o1. The molecule has 2 amide bonds. The summed E-state index contributed by atoms with van der Waals surface area (Å²) < 4.78 is 5.53. The van der Waals surface area contributed by atoms with Gasteiger partial charge in [-0.25, -0.2) is 0 Å². The van der Waals surface area contributed by atoms with E-state index >= 15 is 0 Å². The summed E-state index contributed by atoms with van der Waals surface area (Å²) in [6.07, 6.45) is 1.04. The summed E-state index contributed by atoms with van der Waals surface area (Å²) in [5.74, 6) is 1.12. The van der Waals surface area contributed by atoms with Crippen molar-refractivity contribution in [1.29, 1.82) is 0 Å². The summed E-state index contributed by atoms with van der Waals surface area (Å²) in [6.45, 7) is 4.98. The fourth-order valence-electron chi connectivity index (χ4n) is 3.39. The third kappa shape index (κ3) is 6.08. The normalized spacial score (nSPS) is 10.6. The minimum Gasteiger partial charge on any atom is -0.466 e. The summed E-state index contributed by atoms with van der Waals surface area (Å²) in [5.41, 5.74) is 2.76. The highest BCUT2D eigenvalue weighted by Crippen LogP contribution is 2.18. The lowest BCUT2D eigenvalue weighted by atomic mass is 10.1. The molecule has 30 heavy (non-hydrogen) atoms. The van der Waals surface area contributed by atoms with Crippen molar-refractivity contribution in [2.75, 3.05) is 13.1 Å². The second-order valence-corrected chi connectivity index (χ2v) is 7.37. The number of rotatable bonds is 9. The molecule has 0 bridgehead atoms. The maximum absolute atomic E-state index is 13.1. The highest BCUT2D eigenvalue weighted by molar-refractivity contribution is 5.95. The Balaban J connectivity index is 1.59. The smallest absolute Gasteiger partial charge is 0.257 e. The minimum atomic E-state index is -0.120. The molecule has 3 rings (SSSR count). The summed E-state index contributed by atoms with van der Waals surface area (Å²) in [5, 5.41) is 2.95. The van der Waals surface area contributed by atoms with Crippen LogP contribution in [0, 0.1) is 13.8 Å². The van der Waals surface area contributed by atoms with Crippen LogP contribution in [-0.2, 0) is 17.8 Å². The van der Waals surface area contributed by atoms with Crippen LogP contribution in [-0.4, -0.2) is 29.8 Å². The third-order valence-electron chi connectivity index (χ3n) is 4.96. The van der Waals surface area contributed by atoms with E-state index in [4.69, 9.17) is 4.42 Å². The summed E-state index contributed by atoms with van der Waals surface area (Å²) in [7, 11) is 0. The van der Waals surface area contributed by atoms with Gasteiger partial charge in [0.25, 0.3) is 5.91 Å². The van der Waals surface area contributed by atoms with Gasteiger partial charge in [-0.15, -0.1) is 0 Å². The van der Waals surface area contributed by atoms with Crippen molar-refractivity contribution in [2.45, 2.75) is 33.2 Å². The van der Waals surface area contributed by atoms with Crippen LogP contribution in [0.2, 0.25) is 0 Å². The summed E-state index contributed by atoms with van der Waals surface area (Å²) >= 11 is 0. The van der Waals surface area contributed by atoms with E-state index < -0.39 is 0 Å². The number of amides is 2. The molecule has 1 N–H and O–H groups in total. The highest BCUT2D eigenvalue weighted by Gasteiger charge is 2.21. The Morgan fingerprint density at radius 3 is 2.17 bits per heavy atom. The monoisotopic (exact) mass is 404 g/mol. The molecule has 0 aliphatic rings. The van der Waals surface area contributed by atoms with Gasteiger partial charge in [-0.3, -0.25) is 9.59 Å². The van der Waals surface area contributed by atoms with Crippen molar-refractivity contribution >= 4 is 11.8 Å². The first-order chi connectivity index (χ1) is 14.5. The van der Waals surface area contributed by atoms with Crippen LogP contribution in [0.15, 0.2) is 71.1 Å². The van der Waals surface area contributed by atoms with Gasteiger partial charge in [0.15, 0.2) is 0 Å². The average Bonchev–Trinajstić information content (AvgIpc) is 3.10. The Morgan fingerprint density at radius 2 is 1.57 bits per heavy atom. The molecule has 3 aromatic rings. The van der Waals surface area contributed by atoms with Gasteiger partial charge in [0.2, 0.25) is 5.91 Å². The summed E-state index contributed by atoms with van der Waals surface area (Å²) in [4.78, 5) is 27.2. The molecule has 5 heteroatoms. The van der Waals surface area contributed by atoms with Crippen molar-refractivity contribution < 1.29 is 14.0 Å². The van der Waals surface area contributed by atoms with Gasteiger partial charge >= 0.3 is 0 Å². The quantitative estimate of drug-likeness (QED) is 0.579. The van der Waals surface area contributed by atoms with Crippen LogP contribution in [0.1, 0.15) is 39.4 Å². The predicted molar refractivity (Wildman–Crippen MR) is 117 cm³/mol. The van der Waals surface area contributed by atoms with Crippen LogP contribution in [0.5, 0.6) is 0 Å². The van der Waals surface area contributed by atoms with E-state index in [1.165, 1.54) is 5.56 Å². The molecule has 0 saturated heterocycles. The lowest BCUT2D eigenvalue weighted by Crippen LogP contribution is -2.35. The first-order valence-corrected chi connectivity index (χ1v) is 10.2. The number of nitrogens with one attached hydrogen (secondary N) is 1. The highest BCUT2D eigenvalue weighted by atomic mass is 16.3. The largest absolute Gasteiger partial charge is 0.466 e. The van der Waals surface area contributed by atoms with Crippen LogP contribution < -0.4 is 5.32 Å². The predicted octanol–water partition coefficient (Wildman–Crippen LogP) is 4.29. The Morgan fingerprint density at radius 1 is 0.933 bits per heavy atom. The van der Waals surface area contributed by atoms with Gasteiger partial charge in [0, 0.05) is 26.1 Å². The van der Waals surface area contributed by atoms with E-state index in [-0.39, 0.29) is 18.2 Å². The van der Waals surface area contributed by atoms with E-state index in [1.54, 1.807) is 17.9 Å². The molecule has 0 spiro atoms. The van der Waals surface area contributed by atoms with Gasteiger partial charge in [0.05, 0.1) is 5.56 Å². The second-order valence-electron chi connectivity index (χ2n) is 7.37. The number of carbonyl (C=O) groups is 2. The van der Waals surface area contributed by atoms with Crippen LogP contribution in [0.25, 0.3) is 0 Å². The lowest BCUT2D eigenvalue weighted by molar-refractivity contribution is -0.121. The Hall–Kier alpha value is -3.34. The minimum absolute atomic E-state index is 0.0584. The molecule has 156 valence electrons. The molecular weight excluding hydrogens is 376 g/mol. The Kier molecular flexibility index (Phi) is 7.44. The molecule has 0 unspecified atom stereocenters. The molecule has 0 saturated carbocycles.